The van der Waals surface area contributed by atoms with Gasteiger partial charge in [0.25, 0.3) is 11.0 Å². The summed E-state index contributed by atoms with van der Waals surface area (Å²) < 4.78 is 30.4. The van der Waals surface area contributed by atoms with E-state index in [1.54, 1.807) is 24.3 Å². The quantitative estimate of drug-likeness (QED) is 0.189. The Kier molecular flexibility index (Phi) is 10.9. The molecule has 0 saturated carbocycles. The monoisotopic (exact) mass is 546 g/mol. The number of carbonyl (C=O) groups excluding carboxylic acids is 2. The van der Waals surface area contributed by atoms with Crippen molar-refractivity contribution in [1.29, 1.82) is 0 Å². The third-order valence-corrected chi connectivity index (χ3v) is 6.65. The summed E-state index contributed by atoms with van der Waals surface area (Å²) in [5.41, 5.74) is 5.54. The summed E-state index contributed by atoms with van der Waals surface area (Å²) in [6, 6.07) is 15.0. The minimum Gasteiger partial charge on any atom is -0.453 e. The fourth-order valence-electron chi connectivity index (χ4n) is 3.62. The van der Waals surface area contributed by atoms with Crippen molar-refractivity contribution in [2.75, 3.05) is 12.6 Å². The molecule has 10 nitrogen and oxygen atoms in total. The lowest BCUT2D eigenvalue weighted by Crippen LogP contribution is -2.49. The van der Waals surface area contributed by atoms with Crippen LogP contribution in [0.3, 0.4) is 0 Å². The molecule has 198 valence electrons. The Morgan fingerprint density at radius 2 is 1.70 bits per heavy atom. The van der Waals surface area contributed by atoms with Gasteiger partial charge in [-0.1, -0.05) is 55.8 Å². The fraction of sp³-hybridized carbons (Fsp3) is 0.320. The molecular weight excluding hydrogens is 516 g/mol. The number of hydrogen-bond acceptors (Lipinski definition) is 9. The van der Waals surface area contributed by atoms with Crippen LogP contribution in [0.4, 0.5) is 10.5 Å². The van der Waals surface area contributed by atoms with E-state index in [1.807, 2.05) is 35.7 Å². The number of carbonyl (C=O) groups is 2. The minimum atomic E-state index is -3.02. The number of hydrogen-bond donors (Lipinski definition) is 4. The van der Waals surface area contributed by atoms with E-state index in [-0.39, 0.29) is 12.3 Å². The predicted octanol–water partition coefficient (Wildman–Crippen LogP) is 3.33. The van der Waals surface area contributed by atoms with Gasteiger partial charge in [-0.25, -0.2) is 23.7 Å². The largest absolute Gasteiger partial charge is 0.453 e. The van der Waals surface area contributed by atoms with Crippen molar-refractivity contribution in [3.8, 4) is 0 Å². The van der Waals surface area contributed by atoms with Gasteiger partial charge < -0.3 is 15.4 Å². The van der Waals surface area contributed by atoms with Crippen molar-refractivity contribution in [1.82, 2.24) is 15.6 Å². The van der Waals surface area contributed by atoms with Crippen molar-refractivity contribution >= 4 is 40.0 Å². The number of aryl methyl sites for hydroxylation is 1. The molecule has 1 aromatic heterocycles. The number of methoxy groups -OCH3 is 1. The Morgan fingerprint density at radius 1 is 1.00 bits per heavy atom. The summed E-state index contributed by atoms with van der Waals surface area (Å²) in [4.78, 5) is 30.1. The zero-order chi connectivity index (χ0) is 26.6. The van der Waals surface area contributed by atoms with Crippen molar-refractivity contribution < 1.29 is 27.0 Å². The molecule has 3 rings (SSSR count). The van der Waals surface area contributed by atoms with Crippen LogP contribution in [-0.4, -0.2) is 38.6 Å². The molecule has 2 amide bonds. The Hall–Kier alpha value is -3.48. The van der Waals surface area contributed by atoms with E-state index in [9.17, 15) is 18.0 Å². The number of thiazole rings is 1. The molecule has 3 N–H and O–H groups in total. The number of benzene rings is 2. The number of rotatable bonds is 13. The Balaban J connectivity index is 1.81. The van der Waals surface area contributed by atoms with Gasteiger partial charge in [0.2, 0.25) is 5.91 Å². The summed E-state index contributed by atoms with van der Waals surface area (Å²) >= 11 is 1.47. The number of anilines is 1. The summed E-state index contributed by atoms with van der Waals surface area (Å²) in [6.07, 6.45) is 1.80. The Bertz CT molecular complexity index is 1220. The molecular formula is C25H30N4O6S2. The van der Waals surface area contributed by atoms with Crippen LogP contribution in [0.25, 0.3) is 0 Å². The lowest BCUT2D eigenvalue weighted by atomic mass is 10.0. The van der Waals surface area contributed by atoms with E-state index >= 15 is 0 Å². The summed E-state index contributed by atoms with van der Waals surface area (Å²) in [5.74, 6) is -0.363. The molecule has 0 aliphatic rings. The van der Waals surface area contributed by atoms with Crippen LogP contribution in [0, 0.1) is 0 Å². The van der Waals surface area contributed by atoms with Crippen molar-refractivity contribution in [2.24, 2.45) is 0 Å². The molecule has 2 atom stereocenters. The van der Waals surface area contributed by atoms with Crippen LogP contribution >= 0.6 is 11.3 Å². The molecule has 0 unspecified atom stereocenters. The SMILES string of the molecule is CCCc1csc([C@H](Cc2ccc(NO[SH](=O)=O)cc2)NC(=O)[C@H](Cc2ccccc2)NC(=O)OC)n1. The normalized spacial score (nSPS) is 12.5. The summed E-state index contributed by atoms with van der Waals surface area (Å²) in [5, 5.41) is 8.43. The molecule has 0 radical (unpaired) electrons. The molecule has 2 aromatic carbocycles. The number of nitrogens with one attached hydrogen (secondary N) is 3. The number of ether oxygens (including phenoxy) is 1. The molecule has 37 heavy (non-hydrogen) atoms. The highest BCUT2D eigenvalue weighted by atomic mass is 32.2. The first-order valence-electron chi connectivity index (χ1n) is 11.7. The highest BCUT2D eigenvalue weighted by Gasteiger charge is 2.26. The number of nitrogens with zero attached hydrogens (tertiary/aromatic N) is 1. The molecule has 3 aromatic rings. The van der Waals surface area contributed by atoms with Gasteiger partial charge in [-0.2, -0.15) is 4.28 Å². The van der Waals surface area contributed by atoms with E-state index in [0.29, 0.717) is 12.1 Å². The topological polar surface area (TPSA) is 136 Å². The van der Waals surface area contributed by atoms with E-state index in [2.05, 4.69) is 27.3 Å². The second-order valence-electron chi connectivity index (χ2n) is 8.18. The molecule has 12 heteroatoms. The first kappa shape index (κ1) is 28.1. The number of alkyl carbamates (subject to hydrolysis) is 1. The molecule has 1 heterocycles. The number of thiol groups is 1. The first-order chi connectivity index (χ1) is 17.9. The maximum absolute atomic E-state index is 13.4. The van der Waals surface area contributed by atoms with Gasteiger partial charge in [0.1, 0.15) is 11.0 Å². The average molecular weight is 547 g/mol. The van der Waals surface area contributed by atoms with E-state index in [0.717, 1.165) is 34.7 Å². The van der Waals surface area contributed by atoms with Crippen LogP contribution in [0.15, 0.2) is 60.0 Å². The Morgan fingerprint density at radius 3 is 2.35 bits per heavy atom. The highest BCUT2D eigenvalue weighted by molar-refractivity contribution is 7.67. The van der Waals surface area contributed by atoms with Gasteiger partial charge in [0, 0.05) is 11.8 Å². The zero-order valence-electron chi connectivity index (χ0n) is 20.5. The van der Waals surface area contributed by atoms with Gasteiger partial charge in [0.15, 0.2) is 0 Å². The molecule has 0 saturated heterocycles. The second kappa shape index (κ2) is 14.3. The second-order valence-corrected chi connectivity index (χ2v) is 9.70. The molecule has 0 spiro atoms. The molecule has 0 aliphatic heterocycles. The van der Waals surface area contributed by atoms with E-state index in [1.165, 1.54) is 18.4 Å². The lowest BCUT2D eigenvalue weighted by molar-refractivity contribution is -0.123. The van der Waals surface area contributed by atoms with Crippen LogP contribution in [0.2, 0.25) is 0 Å². The van der Waals surface area contributed by atoms with E-state index < -0.39 is 29.2 Å². The third kappa shape index (κ3) is 9.16. The summed E-state index contributed by atoms with van der Waals surface area (Å²) in [7, 11) is -1.77. The summed E-state index contributed by atoms with van der Waals surface area (Å²) in [6.45, 7) is 2.08. The van der Waals surface area contributed by atoms with Crippen LogP contribution in [0.1, 0.15) is 41.2 Å². The van der Waals surface area contributed by atoms with Crippen LogP contribution < -0.4 is 16.1 Å². The smallest absolute Gasteiger partial charge is 0.407 e. The lowest BCUT2D eigenvalue weighted by Gasteiger charge is -2.22. The third-order valence-electron chi connectivity index (χ3n) is 5.40. The van der Waals surface area contributed by atoms with Gasteiger partial charge in [-0.05, 0) is 36.1 Å². The van der Waals surface area contributed by atoms with Crippen molar-refractivity contribution in [2.45, 2.75) is 44.7 Å². The first-order valence-corrected chi connectivity index (χ1v) is 13.6. The minimum absolute atomic E-state index is 0.287. The van der Waals surface area contributed by atoms with Crippen molar-refractivity contribution in [3.05, 3.63) is 81.8 Å². The zero-order valence-corrected chi connectivity index (χ0v) is 22.2. The van der Waals surface area contributed by atoms with Gasteiger partial charge in [0.05, 0.1) is 24.5 Å². The Labute approximate surface area is 221 Å². The van der Waals surface area contributed by atoms with Gasteiger partial charge in [-0.15, -0.1) is 11.3 Å². The van der Waals surface area contributed by atoms with Gasteiger partial charge in [-0.3, -0.25) is 4.79 Å². The van der Waals surface area contributed by atoms with Crippen LogP contribution in [-0.2, 0) is 44.1 Å². The molecule has 0 bridgehead atoms. The highest BCUT2D eigenvalue weighted by Crippen LogP contribution is 2.24. The predicted molar refractivity (Wildman–Crippen MR) is 142 cm³/mol. The van der Waals surface area contributed by atoms with Gasteiger partial charge >= 0.3 is 6.09 Å². The van der Waals surface area contributed by atoms with Crippen LogP contribution in [0.5, 0.6) is 0 Å². The maximum Gasteiger partial charge on any atom is 0.407 e. The maximum atomic E-state index is 13.4. The molecule has 0 aliphatic carbocycles. The number of amides is 2. The number of aromatic nitrogens is 1. The fourth-order valence-corrected chi connectivity index (χ4v) is 4.70. The average Bonchev–Trinajstić information content (AvgIpc) is 3.36. The molecule has 0 fully saturated rings. The van der Waals surface area contributed by atoms with E-state index in [4.69, 9.17) is 9.72 Å². The van der Waals surface area contributed by atoms with Crippen molar-refractivity contribution in [3.63, 3.8) is 0 Å². The standard InChI is InChI=1S/C25H30N4O6S2/c1-3-7-20-16-36-24(26-20)22(15-18-10-12-19(13-11-18)29-35-37(32)33)27-23(30)21(28-25(31)34-2)14-17-8-5-4-6-9-17/h4-6,8-13,16,21-22,29,37H,3,7,14-15H2,1-2H3,(H,27,30)(H,28,31)/t21-,22-/m0/s1.